The zero-order valence-electron chi connectivity index (χ0n) is 12.2. The van der Waals surface area contributed by atoms with Crippen molar-refractivity contribution in [2.75, 3.05) is 19.8 Å². The van der Waals surface area contributed by atoms with Gasteiger partial charge in [-0.2, -0.15) is 0 Å². The fourth-order valence-electron chi connectivity index (χ4n) is 1.40. The lowest BCUT2D eigenvalue weighted by molar-refractivity contribution is 0.0963. The van der Waals surface area contributed by atoms with Gasteiger partial charge in [-0.1, -0.05) is 27.2 Å². The van der Waals surface area contributed by atoms with Crippen LogP contribution in [0.2, 0.25) is 0 Å². The van der Waals surface area contributed by atoms with E-state index in [2.05, 4.69) is 36.1 Å². The highest BCUT2D eigenvalue weighted by Crippen LogP contribution is 2.05. The molecule has 0 atom stereocenters. The first kappa shape index (κ1) is 15.9. The van der Waals surface area contributed by atoms with Gasteiger partial charge >= 0.3 is 0 Å². The maximum absolute atomic E-state index is 5.51. The zero-order valence-corrected chi connectivity index (χ0v) is 12.2. The minimum absolute atomic E-state index is 0.429. The summed E-state index contributed by atoms with van der Waals surface area (Å²) >= 11 is 0. The second-order valence-corrected chi connectivity index (χ2v) is 4.70. The lowest BCUT2D eigenvalue weighted by Gasteiger charge is -2.09. The fourth-order valence-corrected chi connectivity index (χ4v) is 1.40. The number of aromatic nitrogens is 2. The predicted molar refractivity (Wildman–Crippen MR) is 75.2 cm³/mol. The first-order chi connectivity index (χ1) is 9.22. The number of nitrogens with one attached hydrogen (secondary N) is 1. The van der Waals surface area contributed by atoms with Gasteiger partial charge in [-0.15, -0.1) is 0 Å². The Morgan fingerprint density at radius 2 is 2.05 bits per heavy atom. The molecular weight excluding hydrogens is 242 g/mol. The lowest BCUT2D eigenvalue weighted by atomic mass is 10.3. The Morgan fingerprint density at radius 3 is 2.79 bits per heavy atom. The lowest BCUT2D eigenvalue weighted by Crippen LogP contribution is -2.22. The van der Waals surface area contributed by atoms with Gasteiger partial charge in [0, 0.05) is 25.4 Å². The normalized spacial score (nSPS) is 10.9. The Kier molecular flexibility index (Phi) is 8.09. The molecule has 0 aliphatic rings. The van der Waals surface area contributed by atoms with Crippen LogP contribution in [-0.2, 0) is 11.3 Å². The second kappa shape index (κ2) is 9.69. The van der Waals surface area contributed by atoms with Crippen molar-refractivity contribution in [3.63, 3.8) is 0 Å². The summed E-state index contributed by atoms with van der Waals surface area (Å²) in [6, 6.07) is 0.429. The van der Waals surface area contributed by atoms with Crippen molar-refractivity contribution in [3.05, 3.63) is 18.1 Å². The van der Waals surface area contributed by atoms with E-state index in [9.17, 15) is 0 Å². The number of hydrogen-bond acceptors (Lipinski definition) is 5. The van der Waals surface area contributed by atoms with Crippen molar-refractivity contribution >= 4 is 0 Å². The van der Waals surface area contributed by atoms with Crippen LogP contribution in [0, 0.1) is 0 Å². The van der Waals surface area contributed by atoms with Gasteiger partial charge < -0.3 is 14.8 Å². The van der Waals surface area contributed by atoms with E-state index >= 15 is 0 Å². The Labute approximate surface area is 115 Å². The molecule has 5 nitrogen and oxygen atoms in total. The number of unbranched alkanes of at least 4 members (excludes halogenated alkanes) is 1. The van der Waals surface area contributed by atoms with Crippen LogP contribution in [-0.4, -0.2) is 35.8 Å². The molecule has 0 radical (unpaired) electrons. The topological polar surface area (TPSA) is 56.3 Å². The molecule has 0 fully saturated rings. The number of rotatable bonds is 10. The zero-order chi connectivity index (χ0) is 13.9. The van der Waals surface area contributed by atoms with Crippen LogP contribution < -0.4 is 10.1 Å². The van der Waals surface area contributed by atoms with E-state index in [1.54, 1.807) is 12.4 Å². The molecule has 1 rings (SSSR count). The van der Waals surface area contributed by atoms with Crippen molar-refractivity contribution in [2.45, 2.75) is 46.2 Å². The van der Waals surface area contributed by atoms with Gasteiger partial charge in [-0.25, -0.2) is 4.98 Å². The van der Waals surface area contributed by atoms with Crippen LogP contribution in [0.15, 0.2) is 12.4 Å². The van der Waals surface area contributed by atoms with Crippen molar-refractivity contribution in [3.8, 4) is 5.88 Å². The molecule has 1 aromatic rings. The third-order valence-corrected chi connectivity index (χ3v) is 2.47. The van der Waals surface area contributed by atoms with Crippen LogP contribution in [0.4, 0.5) is 0 Å². The van der Waals surface area contributed by atoms with Crippen LogP contribution in [0.25, 0.3) is 0 Å². The van der Waals surface area contributed by atoms with Gasteiger partial charge in [-0.05, 0) is 6.42 Å². The standard InChI is InChI=1S/C14H25N3O2/c1-4-5-6-18-7-8-19-14-11-15-9-13(17-14)10-16-12(2)3/h9,11-12,16H,4-8,10H2,1-3H3. The van der Waals surface area contributed by atoms with E-state index < -0.39 is 0 Å². The monoisotopic (exact) mass is 267 g/mol. The quantitative estimate of drug-likeness (QED) is 0.658. The highest BCUT2D eigenvalue weighted by atomic mass is 16.5. The van der Waals surface area contributed by atoms with Gasteiger partial charge in [0.15, 0.2) is 0 Å². The number of ether oxygens (including phenoxy) is 2. The summed E-state index contributed by atoms with van der Waals surface area (Å²) in [7, 11) is 0. The Morgan fingerprint density at radius 1 is 1.21 bits per heavy atom. The van der Waals surface area contributed by atoms with E-state index in [1.165, 1.54) is 0 Å². The van der Waals surface area contributed by atoms with Gasteiger partial charge in [0.25, 0.3) is 0 Å². The molecule has 0 saturated heterocycles. The molecule has 1 N–H and O–H groups in total. The largest absolute Gasteiger partial charge is 0.474 e. The van der Waals surface area contributed by atoms with Crippen LogP contribution in [0.1, 0.15) is 39.3 Å². The molecule has 19 heavy (non-hydrogen) atoms. The van der Waals surface area contributed by atoms with Crippen LogP contribution in [0.5, 0.6) is 5.88 Å². The minimum atomic E-state index is 0.429. The molecule has 108 valence electrons. The summed E-state index contributed by atoms with van der Waals surface area (Å²) in [6.45, 7) is 8.95. The molecule has 0 spiro atoms. The highest BCUT2D eigenvalue weighted by molar-refractivity contribution is 5.08. The van der Waals surface area contributed by atoms with Gasteiger partial charge in [0.05, 0.1) is 18.5 Å². The summed E-state index contributed by atoms with van der Waals surface area (Å²) < 4.78 is 10.9. The number of hydrogen-bond donors (Lipinski definition) is 1. The molecule has 0 unspecified atom stereocenters. The van der Waals surface area contributed by atoms with Crippen LogP contribution in [0.3, 0.4) is 0 Å². The van der Waals surface area contributed by atoms with Crippen molar-refractivity contribution in [1.29, 1.82) is 0 Å². The first-order valence-electron chi connectivity index (χ1n) is 6.97. The van der Waals surface area contributed by atoms with Gasteiger partial charge in [-0.3, -0.25) is 4.98 Å². The molecule has 0 aliphatic carbocycles. The van der Waals surface area contributed by atoms with E-state index in [-0.39, 0.29) is 0 Å². The summed E-state index contributed by atoms with van der Waals surface area (Å²) in [6.07, 6.45) is 5.62. The molecule has 0 bridgehead atoms. The molecule has 0 aromatic carbocycles. The first-order valence-corrected chi connectivity index (χ1v) is 6.97. The van der Waals surface area contributed by atoms with Crippen molar-refractivity contribution in [2.24, 2.45) is 0 Å². The molecule has 0 amide bonds. The SMILES string of the molecule is CCCCOCCOc1cncc(CNC(C)C)n1. The second-order valence-electron chi connectivity index (χ2n) is 4.70. The van der Waals surface area contributed by atoms with Crippen LogP contribution >= 0.6 is 0 Å². The summed E-state index contributed by atoms with van der Waals surface area (Å²) in [5.41, 5.74) is 0.887. The van der Waals surface area contributed by atoms with E-state index in [4.69, 9.17) is 9.47 Å². The molecule has 5 heteroatoms. The van der Waals surface area contributed by atoms with Gasteiger partial charge in [0.1, 0.15) is 6.61 Å². The average Bonchev–Trinajstić information content (AvgIpc) is 2.41. The molecule has 1 aromatic heterocycles. The summed E-state index contributed by atoms with van der Waals surface area (Å²) in [5, 5.41) is 3.30. The minimum Gasteiger partial charge on any atom is -0.474 e. The smallest absolute Gasteiger partial charge is 0.232 e. The summed E-state index contributed by atoms with van der Waals surface area (Å²) in [5.74, 6) is 0.558. The maximum Gasteiger partial charge on any atom is 0.232 e. The van der Waals surface area contributed by atoms with E-state index in [1.807, 2.05) is 0 Å². The van der Waals surface area contributed by atoms with E-state index in [0.717, 1.165) is 25.1 Å². The average molecular weight is 267 g/mol. The molecule has 0 aliphatic heterocycles. The van der Waals surface area contributed by atoms with Crippen molar-refractivity contribution in [1.82, 2.24) is 15.3 Å². The third-order valence-electron chi connectivity index (χ3n) is 2.47. The Hall–Kier alpha value is -1.20. The fraction of sp³-hybridized carbons (Fsp3) is 0.714. The molecule has 0 saturated carbocycles. The number of nitrogens with zero attached hydrogens (tertiary/aromatic N) is 2. The molecular formula is C14H25N3O2. The highest BCUT2D eigenvalue weighted by Gasteiger charge is 2.01. The molecule has 1 heterocycles. The Balaban J connectivity index is 2.24. The van der Waals surface area contributed by atoms with Crippen molar-refractivity contribution < 1.29 is 9.47 Å². The predicted octanol–water partition coefficient (Wildman–Crippen LogP) is 2.17. The maximum atomic E-state index is 5.51. The van der Waals surface area contributed by atoms with Gasteiger partial charge in [0.2, 0.25) is 5.88 Å². The third kappa shape index (κ3) is 7.74. The van der Waals surface area contributed by atoms with E-state index in [0.29, 0.717) is 31.7 Å². The summed E-state index contributed by atoms with van der Waals surface area (Å²) in [4.78, 5) is 8.50. The Bertz CT molecular complexity index is 345.